The van der Waals surface area contributed by atoms with Crippen molar-refractivity contribution in [3.8, 4) is 0 Å². The molecule has 0 aromatic heterocycles. The van der Waals surface area contributed by atoms with Crippen LogP contribution in [0.3, 0.4) is 0 Å². The molecule has 0 unspecified atom stereocenters. The maximum absolute atomic E-state index is 12.5. The number of rotatable bonds is 4. The van der Waals surface area contributed by atoms with Crippen molar-refractivity contribution in [3.05, 3.63) is 0 Å². The number of hydrogen-bond donors (Lipinski definition) is 1. The Hall–Kier alpha value is -0.130. The van der Waals surface area contributed by atoms with Gasteiger partial charge in [0.1, 0.15) is 0 Å². The van der Waals surface area contributed by atoms with E-state index in [0.717, 1.165) is 25.7 Å². The molecule has 0 atom stereocenters. The summed E-state index contributed by atoms with van der Waals surface area (Å²) in [7, 11) is -1.53. The van der Waals surface area contributed by atoms with Gasteiger partial charge in [-0.15, -0.1) is 0 Å². The molecule has 1 saturated carbocycles. The molecular formula is C13H28N2O2S. The largest absolute Gasteiger partial charge is 0.329 e. The summed E-state index contributed by atoms with van der Waals surface area (Å²) in [5.41, 5.74) is 5.32. The molecule has 2 N–H and O–H groups in total. The number of nitrogens with zero attached hydrogens (tertiary/aromatic N) is 1. The molecule has 0 saturated heterocycles. The molecule has 5 heteroatoms. The second kappa shape index (κ2) is 5.47. The molecule has 4 nitrogen and oxygen atoms in total. The molecule has 0 amide bonds. The summed E-state index contributed by atoms with van der Waals surface area (Å²) in [4.78, 5) is 0. The van der Waals surface area contributed by atoms with Gasteiger partial charge in [0, 0.05) is 19.1 Å². The molecule has 0 radical (unpaired) electrons. The van der Waals surface area contributed by atoms with E-state index >= 15 is 0 Å². The quantitative estimate of drug-likeness (QED) is 0.853. The van der Waals surface area contributed by atoms with Crippen molar-refractivity contribution in [1.29, 1.82) is 0 Å². The lowest BCUT2D eigenvalue weighted by atomic mass is 9.82. The van der Waals surface area contributed by atoms with Gasteiger partial charge >= 0.3 is 0 Å². The average molecular weight is 276 g/mol. The van der Waals surface area contributed by atoms with Gasteiger partial charge in [0.2, 0.25) is 10.0 Å². The van der Waals surface area contributed by atoms with E-state index in [1.165, 1.54) is 6.42 Å². The molecule has 0 aromatic carbocycles. The van der Waals surface area contributed by atoms with Crippen LogP contribution in [0.2, 0.25) is 0 Å². The van der Waals surface area contributed by atoms with Crippen LogP contribution in [0.25, 0.3) is 0 Å². The molecule has 1 rings (SSSR count). The highest BCUT2D eigenvalue weighted by Crippen LogP contribution is 2.34. The summed E-state index contributed by atoms with van der Waals surface area (Å²) < 4.78 is 26.5. The van der Waals surface area contributed by atoms with Crippen LogP contribution in [0.15, 0.2) is 0 Å². The third kappa shape index (κ3) is 3.68. The van der Waals surface area contributed by atoms with Gasteiger partial charge in [-0.1, -0.05) is 40.0 Å². The minimum atomic E-state index is -3.23. The second-order valence-corrected chi connectivity index (χ2v) is 8.77. The van der Waals surface area contributed by atoms with Gasteiger partial charge in [-0.05, 0) is 18.3 Å². The van der Waals surface area contributed by atoms with Gasteiger partial charge in [-0.25, -0.2) is 8.42 Å². The van der Waals surface area contributed by atoms with Gasteiger partial charge in [-0.2, -0.15) is 4.31 Å². The van der Waals surface area contributed by atoms with E-state index in [2.05, 4.69) is 0 Å². The number of likely N-dealkylation sites (N-methyl/N-ethyl adjacent to an activating group) is 1. The van der Waals surface area contributed by atoms with Crippen LogP contribution in [-0.4, -0.2) is 37.6 Å². The van der Waals surface area contributed by atoms with E-state index in [9.17, 15) is 8.42 Å². The first kappa shape index (κ1) is 15.9. The fraction of sp³-hybridized carbons (Fsp3) is 1.00. The fourth-order valence-corrected chi connectivity index (χ4v) is 4.93. The molecule has 108 valence electrons. The number of nitrogens with two attached hydrogens (primary N) is 1. The van der Waals surface area contributed by atoms with Gasteiger partial charge in [0.15, 0.2) is 0 Å². The van der Waals surface area contributed by atoms with E-state index in [-0.39, 0.29) is 16.7 Å². The van der Waals surface area contributed by atoms with Crippen LogP contribution in [-0.2, 0) is 10.0 Å². The summed E-state index contributed by atoms with van der Waals surface area (Å²) in [5, 5.41) is 0. The molecule has 1 aliphatic rings. The monoisotopic (exact) mass is 276 g/mol. The van der Waals surface area contributed by atoms with Gasteiger partial charge < -0.3 is 5.73 Å². The third-order valence-corrected chi connectivity index (χ3v) is 6.32. The molecule has 0 aromatic rings. The Morgan fingerprint density at radius 3 is 2.06 bits per heavy atom. The lowest BCUT2D eigenvalue weighted by molar-refractivity contribution is 0.158. The average Bonchev–Trinajstić information content (AvgIpc) is 2.26. The predicted molar refractivity (Wildman–Crippen MR) is 75.9 cm³/mol. The maximum atomic E-state index is 12.5. The SMILES string of the molecule is CN(C1(CN)CCCCC1)S(=O)(=O)CC(C)(C)C. The topological polar surface area (TPSA) is 63.4 Å². The van der Waals surface area contributed by atoms with E-state index < -0.39 is 10.0 Å². The smallest absolute Gasteiger partial charge is 0.214 e. The normalized spacial score (nSPS) is 21.2. The molecule has 0 aliphatic heterocycles. The Bertz CT molecular complexity index is 365. The van der Waals surface area contributed by atoms with Gasteiger partial charge in [-0.3, -0.25) is 0 Å². The highest BCUT2D eigenvalue weighted by atomic mass is 32.2. The first-order valence-corrected chi connectivity index (χ1v) is 8.41. The van der Waals surface area contributed by atoms with Gasteiger partial charge in [0.05, 0.1) is 5.75 Å². The Kier molecular flexibility index (Phi) is 4.84. The molecule has 0 bridgehead atoms. The Labute approximate surface area is 112 Å². The predicted octanol–water partition coefficient (Wildman–Crippen LogP) is 1.96. The zero-order valence-corrected chi connectivity index (χ0v) is 13.0. The van der Waals surface area contributed by atoms with Crippen LogP contribution in [0, 0.1) is 5.41 Å². The lowest BCUT2D eigenvalue weighted by Crippen LogP contribution is -2.56. The van der Waals surface area contributed by atoms with Crippen molar-refractivity contribution < 1.29 is 8.42 Å². The Morgan fingerprint density at radius 2 is 1.67 bits per heavy atom. The lowest BCUT2D eigenvalue weighted by Gasteiger charge is -2.43. The summed E-state index contributed by atoms with van der Waals surface area (Å²) in [5.74, 6) is 0.179. The van der Waals surface area contributed by atoms with E-state index in [1.807, 2.05) is 20.8 Å². The van der Waals surface area contributed by atoms with Gasteiger partial charge in [0.25, 0.3) is 0 Å². The van der Waals surface area contributed by atoms with Crippen LogP contribution < -0.4 is 5.73 Å². The van der Waals surface area contributed by atoms with Crippen molar-refractivity contribution in [2.45, 2.75) is 58.4 Å². The molecule has 0 spiro atoms. The fourth-order valence-electron chi connectivity index (χ4n) is 2.80. The first-order chi connectivity index (χ1) is 8.13. The summed E-state index contributed by atoms with van der Waals surface area (Å²) in [6, 6.07) is 0. The maximum Gasteiger partial charge on any atom is 0.214 e. The highest BCUT2D eigenvalue weighted by Gasteiger charge is 2.41. The van der Waals surface area contributed by atoms with Crippen molar-refractivity contribution in [3.63, 3.8) is 0 Å². The van der Waals surface area contributed by atoms with E-state index in [1.54, 1.807) is 11.4 Å². The summed E-state index contributed by atoms with van der Waals surface area (Å²) in [6.45, 7) is 6.28. The van der Waals surface area contributed by atoms with E-state index in [4.69, 9.17) is 5.73 Å². The highest BCUT2D eigenvalue weighted by molar-refractivity contribution is 7.89. The minimum Gasteiger partial charge on any atom is -0.329 e. The van der Waals surface area contributed by atoms with Crippen LogP contribution in [0.1, 0.15) is 52.9 Å². The van der Waals surface area contributed by atoms with Crippen LogP contribution in [0.4, 0.5) is 0 Å². The summed E-state index contributed by atoms with van der Waals surface area (Å²) >= 11 is 0. The van der Waals surface area contributed by atoms with E-state index in [0.29, 0.717) is 6.54 Å². The zero-order chi connectivity index (χ0) is 14.0. The zero-order valence-electron chi connectivity index (χ0n) is 12.2. The van der Waals surface area contributed by atoms with Crippen LogP contribution in [0.5, 0.6) is 0 Å². The Balaban J connectivity index is 2.93. The molecule has 1 fully saturated rings. The second-order valence-electron chi connectivity index (χ2n) is 6.77. The first-order valence-electron chi connectivity index (χ1n) is 6.80. The minimum absolute atomic E-state index is 0.179. The standard InChI is InChI=1S/C13H28N2O2S/c1-12(2,3)11-18(16,17)15(4)13(10-14)8-6-5-7-9-13/h5-11,14H2,1-4H3. The van der Waals surface area contributed by atoms with Crippen molar-refractivity contribution in [1.82, 2.24) is 4.31 Å². The summed E-state index contributed by atoms with van der Waals surface area (Å²) in [6.07, 6.45) is 5.13. The molecule has 18 heavy (non-hydrogen) atoms. The number of sulfonamides is 1. The molecule has 1 aliphatic carbocycles. The third-order valence-electron chi connectivity index (χ3n) is 3.86. The molecule has 0 heterocycles. The Morgan fingerprint density at radius 1 is 1.17 bits per heavy atom. The van der Waals surface area contributed by atoms with Crippen molar-refractivity contribution in [2.75, 3.05) is 19.3 Å². The van der Waals surface area contributed by atoms with Crippen LogP contribution >= 0.6 is 0 Å². The van der Waals surface area contributed by atoms with Crippen molar-refractivity contribution in [2.24, 2.45) is 11.1 Å². The number of hydrogen-bond acceptors (Lipinski definition) is 3. The van der Waals surface area contributed by atoms with Crippen molar-refractivity contribution >= 4 is 10.0 Å². The molecular weight excluding hydrogens is 248 g/mol.